The third kappa shape index (κ3) is 6.67. The molecule has 0 saturated carbocycles. The fourth-order valence-corrected chi connectivity index (χ4v) is 4.03. The molecule has 3 aromatic carbocycles. The number of sulfonamides is 1. The van der Waals surface area contributed by atoms with Crippen LogP contribution in [0.2, 0.25) is 0 Å². The first-order valence-corrected chi connectivity index (χ1v) is 11.6. The van der Waals surface area contributed by atoms with Gasteiger partial charge in [0.25, 0.3) is 0 Å². The Morgan fingerprint density at radius 2 is 1.55 bits per heavy atom. The van der Waals surface area contributed by atoms with Crippen molar-refractivity contribution >= 4 is 21.6 Å². The summed E-state index contributed by atoms with van der Waals surface area (Å²) in [5, 5.41) is 2.86. The van der Waals surface area contributed by atoms with Crippen LogP contribution in [0.4, 0.5) is 5.69 Å². The normalized spacial score (nSPS) is 11.1. The van der Waals surface area contributed by atoms with Gasteiger partial charge in [0, 0.05) is 13.0 Å². The Morgan fingerprint density at radius 1 is 0.871 bits per heavy atom. The third-order valence-electron chi connectivity index (χ3n) is 4.64. The smallest absolute Gasteiger partial charge is 0.240 e. The molecule has 31 heavy (non-hydrogen) atoms. The highest BCUT2D eigenvalue weighted by Crippen LogP contribution is 2.24. The second-order valence-corrected chi connectivity index (χ2v) is 8.70. The van der Waals surface area contributed by atoms with Crippen LogP contribution in [-0.4, -0.2) is 20.9 Å². The van der Waals surface area contributed by atoms with Crippen molar-refractivity contribution in [2.24, 2.45) is 0 Å². The standard InChI is InChI=1S/C24H26N2O4S/c1-2-30-23-11-7-6-10-22(23)26-24(27)17-14-19-12-15-21(16-13-19)31(28,29)25-18-20-8-4-3-5-9-20/h3-13,15-16,25H,2,14,17-18H2,1H3,(H,26,27). The molecule has 3 rings (SSSR count). The van der Waals surface area contributed by atoms with Gasteiger partial charge in [-0.1, -0.05) is 54.6 Å². The quantitative estimate of drug-likeness (QED) is 0.498. The molecule has 0 heterocycles. The van der Waals surface area contributed by atoms with Gasteiger partial charge >= 0.3 is 0 Å². The maximum atomic E-state index is 12.5. The number of ether oxygens (including phenoxy) is 1. The molecule has 3 aromatic rings. The van der Waals surface area contributed by atoms with E-state index in [4.69, 9.17) is 4.74 Å². The van der Waals surface area contributed by atoms with Gasteiger partial charge < -0.3 is 10.1 Å². The highest BCUT2D eigenvalue weighted by Gasteiger charge is 2.14. The molecule has 1 amide bonds. The lowest BCUT2D eigenvalue weighted by molar-refractivity contribution is -0.116. The number of rotatable bonds is 10. The summed E-state index contributed by atoms with van der Waals surface area (Å²) in [7, 11) is -3.60. The Labute approximate surface area is 183 Å². The summed E-state index contributed by atoms with van der Waals surface area (Å²) in [5.74, 6) is 0.504. The number of para-hydroxylation sites is 2. The van der Waals surface area contributed by atoms with Crippen molar-refractivity contribution in [1.82, 2.24) is 4.72 Å². The predicted octanol–water partition coefficient (Wildman–Crippen LogP) is 4.14. The second-order valence-electron chi connectivity index (χ2n) is 6.93. The molecule has 0 aliphatic carbocycles. The maximum Gasteiger partial charge on any atom is 0.240 e. The topological polar surface area (TPSA) is 84.5 Å². The molecule has 0 unspecified atom stereocenters. The van der Waals surface area contributed by atoms with Crippen molar-refractivity contribution in [3.63, 3.8) is 0 Å². The molecule has 0 saturated heterocycles. The van der Waals surface area contributed by atoms with Crippen molar-refractivity contribution in [3.8, 4) is 5.75 Å². The number of anilines is 1. The molecule has 0 spiro atoms. The van der Waals surface area contributed by atoms with Crippen molar-refractivity contribution < 1.29 is 17.9 Å². The zero-order valence-electron chi connectivity index (χ0n) is 17.4. The molecule has 0 aromatic heterocycles. The van der Waals surface area contributed by atoms with Crippen molar-refractivity contribution in [2.45, 2.75) is 31.2 Å². The molecule has 0 aliphatic rings. The van der Waals surface area contributed by atoms with E-state index in [2.05, 4.69) is 10.0 Å². The Bertz CT molecular complexity index is 1100. The second kappa shape index (κ2) is 10.7. The summed E-state index contributed by atoms with van der Waals surface area (Å²) < 4.78 is 33.1. The molecule has 6 nitrogen and oxygen atoms in total. The van der Waals surface area contributed by atoms with E-state index in [1.807, 2.05) is 55.5 Å². The van der Waals surface area contributed by atoms with Gasteiger partial charge in [-0.2, -0.15) is 0 Å². The zero-order chi connectivity index (χ0) is 22.1. The molecular weight excluding hydrogens is 412 g/mol. The highest BCUT2D eigenvalue weighted by molar-refractivity contribution is 7.89. The van der Waals surface area contributed by atoms with Crippen LogP contribution in [0, 0.1) is 0 Å². The zero-order valence-corrected chi connectivity index (χ0v) is 18.2. The summed E-state index contributed by atoms with van der Waals surface area (Å²) in [6.45, 7) is 2.64. The van der Waals surface area contributed by atoms with Gasteiger partial charge in [0.05, 0.1) is 17.2 Å². The fraction of sp³-hybridized carbons (Fsp3) is 0.208. The average Bonchev–Trinajstić information content (AvgIpc) is 2.79. The lowest BCUT2D eigenvalue weighted by Gasteiger charge is -2.11. The maximum absolute atomic E-state index is 12.5. The van der Waals surface area contributed by atoms with E-state index in [9.17, 15) is 13.2 Å². The Kier molecular flexibility index (Phi) is 7.81. The predicted molar refractivity (Wildman–Crippen MR) is 121 cm³/mol. The number of amides is 1. The van der Waals surface area contributed by atoms with E-state index in [1.165, 1.54) is 0 Å². The fourth-order valence-electron chi connectivity index (χ4n) is 3.01. The Hall–Kier alpha value is -3.16. The summed E-state index contributed by atoms with van der Waals surface area (Å²) in [6, 6.07) is 23.2. The average molecular weight is 439 g/mol. The van der Waals surface area contributed by atoms with E-state index in [1.54, 1.807) is 30.3 Å². The summed E-state index contributed by atoms with van der Waals surface area (Å²) in [4.78, 5) is 12.5. The molecule has 0 bridgehead atoms. The minimum Gasteiger partial charge on any atom is -0.492 e. The first-order valence-electron chi connectivity index (χ1n) is 10.1. The first kappa shape index (κ1) is 22.5. The molecule has 0 radical (unpaired) electrons. The van der Waals surface area contributed by atoms with E-state index >= 15 is 0 Å². The molecule has 0 fully saturated rings. The van der Waals surface area contributed by atoms with Crippen LogP contribution in [0.15, 0.2) is 83.8 Å². The number of carbonyl (C=O) groups excluding carboxylic acids is 1. The van der Waals surface area contributed by atoms with Gasteiger partial charge in [0.15, 0.2) is 0 Å². The number of nitrogens with one attached hydrogen (secondary N) is 2. The summed E-state index contributed by atoms with van der Waals surface area (Å²) in [5.41, 5.74) is 2.41. The number of hydrogen-bond acceptors (Lipinski definition) is 4. The minimum atomic E-state index is -3.60. The minimum absolute atomic E-state index is 0.131. The molecule has 2 N–H and O–H groups in total. The summed E-state index contributed by atoms with van der Waals surface area (Å²) in [6.07, 6.45) is 0.777. The van der Waals surface area contributed by atoms with Gasteiger partial charge in [-0.3, -0.25) is 4.79 Å². The lowest BCUT2D eigenvalue weighted by Crippen LogP contribution is -2.23. The Morgan fingerprint density at radius 3 is 2.26 bits per heavy atom. The largest absolute Gasteiger partial charge is 0.492 e. The van der Waals surface area contributed by atoms with Crippen LogP contribution in [0.25, 0.3) is 0 Å². The van der Waals surface area contributed by atoms with Crippen LogP contribution in [0.5, 0.6) is 5.75 Å². The lowest BCUT2D eigenvalue weighted by atomic mass is 10.1. The van der Waals surface area contributed by atoms with Crippen molar-refractivity contribution in [1.29, 1.82) is 0 Å². The SMILES string of the molecule is CCOc1ccccc1NC(=O)CCc1ccc(S(=O)(=O)NCc2ccccc2)cc1. The molecule has 7 heteroatoms. The van der Waals surface area contributed by atoms with E-state index in [0.717, 1.165) is 11.1 Å². The molecule has 0 atom stereocenters. The summed E-state index contributed by atoms with van der Waals surface area (Å²) >= 11 is 0. The van der Waals surface area contributed by atoms with Crippen LogP contribution in [0.3, 0.4) is 0 Å². The van der Waals surface area contributed by atoms with Gasteiger partial charge in [0.2, 0.25) is 15.9 Å². The van der Waals surface area contributed by atoms with Crippen LogP contribution in [-0.2, 0) is 27.8 Å². The number of hydrogen-bond donors (Lipinski definition) is 2. The number of carbonyl (C=O) groups is 1. The van der Waals surface area contributed by atoms with Crippen LogP contribution < -0.4 is 14.8 Å². The van der Waals surface area contributed by atoms with Gasteiger partial charge in [-0.15, -0.1) is 0 Å². The van der Waals surface area contributed by atoms with Gasteiger partial charge in [-0.05, 0) is 48.7 Å². The van der Waals surface area contributed by atoms with Gasteiger partial charge in [-0.25, -0.2) is 13.1 Å². The van der Waals surface area contributed by atoms with E-state index in [0.29, 0.717) is 24.5 Å². The number of aryl methyl sites for hydroxylation is 1. The van der Waals surface area contributed by atoms with Crippen molar-refractivity contribution in [3.05, 3.63) is 90.0 Å². The molecule has 0 aliphatic heterocycles. The van der Waals surface area contributed by atoms with Crippen molar-refractivity contribution in [2.75, 3.05) is 11.9 Å². The van der Waals surface area contributed by atoms with Crippen LogP contribution >= 0.6 is 0 Å². The molecule has 162 valence electrons. The highest BCUT2D eigenvalue weighted by atomic mass is 32.2. The monoisotopic (exact) mass is 438 g/mol. The van der Waals surface area contributed by atoms with Gasteiger partial charge in [0.1, 0.15) is 5.75 Å². The van der Waals surface area contributed by atoms with Crippen LogP contribution in [0.1, 0.15) is 24.5 Å². The Balaban J connectivity index is 1.54. The number of benzene rings is 3. The first-order chi connectivity index (χ1) is 15.0. The molecular formula is C24H26N2O4S. The van der Waals surface area contributed by atoms with E-state index in [-0.39, 0.29) is 23.8 Å². The van der Waals surface area contributed by atoms with E-state index < -0.39 is 10.0 Å². The third-order valence-corrected chi connectivity index (χ3v) is 6.06.